The lowest BCUT2D eigenvalue weighted by Crippen LogP contribution is -2.18. The Bertz CT molecular complexity index is 1010. The second-order valence-corrected chi connectivity index (χ2v) is 6.35. The van der Waals surface area contributed by atoms with Gasteiger partial charge in [-0.05, 0) is 31.4 Å². The van der Waals surface area contributed by atoms with Gasteiger partial charge >= 0.3 is 0 Å². The van der Waals surface area contributed by atoms with E-state index in [0.29, 0.717) is 22.0 Å². The molecule has 0 saturated heterocycles. The Morgan fingerprint density at radius 1 is 1.19 bits per heavy atom. The summed E-state index contributed by atoms with van der Waals surface area (Å²) < 4.78 is 34.1. The number of hydrogen-bond acceptors (Lipinski definition) is 5. The third-order valence-corrected chi connectivity index (χ3v) is 4.23. The van der Waals surface area contributed by atoms with E-state index in [0.717, 1.165) is 12.1 Å². The minimum absolute atomic E-state index is 0.125. The minimum Gasteiger partial charge on any atom is -0.450 e. The van der Waals surface area contributed by atoms with Gasteiger partial charge in [0.15, 0.2) is 22.5 Å². The van der Waals surface area contributed by atoms with E-state index in [1.807, 2.05) is 6.26 Å². The molecule has 3 rings (SSSR count). The maximum absolute atomic E-state index is 13.9. The van der Waals surface area contributed by atoms with Gasteiger partial charge in [0.2, 0.25) is 0 Å². The van der Waals surface area contributed by atoms with Crippen molar-refractivity contribution in [2.24, 2.45) is 7.05 Å². The van der Waals surface area contributed by atoms with Crippen molar-refractivity contribution in [1.82, 2.24) is 14.5 Å². The fraction of sp³-hybridized carbons (Fsp3) is 0.167. The summed E-state index contributed by atoms with van der Waals surface area (Å²) in [5, 5.41) is 0.499. The molecular formula is C18H15F2N3O2S. The first-order chi connectivity index (χ1) is 12.4. The lowest BCUT2D eigenvalue weighted by Gasteiger charge is -2.13. The number of nitrogens with zero attached hydrogens (tertiary/aromatic N) is 3. The number of hydrogen-bond donors (Lipinski definition) is 0. The molecule has 0 saturated carbocycles. The van der Waals surface area contributed by atoms with Crippen LogP contribution in [0.4, 0.5) is 8.78 Å². The second-order valence-electron chi connectivity index (χ2n) is 5.57. The van der Waals surface area contributed by atoms with Crippen LogP contribution in [0.2, 0.25) is 0 Å². The Kier molecular flexibility index (Phi) is 5.03. The van der Waals surface area contributed by atoms with Crippen molar-refractivity contribution in [2.75, 3.05) is 6.26 Å². The van der Waals surface area contributed by atoms with E-state index in [2.05, 4.69) is 9.97 Å². The van der Waals surface area contributed by atoms with Crippen LogP contribution in [0.1, 0.15) is 5.56 Å². The molecule has 2 heterocycles. The highest BCUT2D eigenvalue weighted by Crippen LogP contribution is 2.33. The number of aromatic nitrogens is 3. The van der Waals surface area contributed by atoms with Crippen molar-refractivity contribution in [3.05, 3.63) is 64.2 Å². The van der Waals surface area contributed by atoms with Gasteiger partial charge in [0, 0.05) is 30.4 Å². The molecule has 0 fully saturated rings. The van der Waals surface area contributed by atoms with Gasteiger partial charge in [-0.2, -0.15) is 0 Å². The minimum atomic E-state index is -0.832. The lowest BCUT2D eigenvalue weighted by atomic mass is 10.1. The van der Waals surface area contributed by atoms with Crippen LogP contribution >= 0.6 is 11.8 Å². The molecule has 3 aromatic rings. The number of rotatable bonds is 4. The van der Waals surface area contributed by atoms with Crippen LogP contribution in [0.5, 0.6) is 11.5 Å². The molecule has 0 unspecified atom stereocenters. The van der Waals surface area contributed by atoms with Crippen molar-refractivity contribution in [2.45, 2.75) is 12.1 Å². The predicted molar refractivity (Wildman–Crippen MR) is 95.7 cm³/mol. The lowest BCUT2D eigenvalue weighted by molar-refractivity contribution is 0.434. The SMILES string of the molecule is CSc1ncc(Oc2ccc(F)cc2F)c(-c2cc(C)c(=O)n(C)c2)n1. The molecule has 2 aromatic heterocycles. The van der Waals surface area contributed by atoms with Crippen molar-refractivity contribution < 1.29 is 13.5 Å². The van der Waals surface area contributed by atoms with Crippen LogP contribution in [0.25, 0.3) is 11.3 Å². The first kappa shape index (κ1) is 18.1. The fourth-order valence-corrected chi connectivity index (χ4v) is 2.76. The molecule has 26 heavy (non-hydrogen) atoms. The smallest absolute Gasteiger partial charge is 0.253 e. The van der Waals surface area contributed by atoms with E-state index >= 15 is 0 Å². The molecular weight excluding hydrogens is 360 g/mol. The highest BCUT2D eigenvalue weighted by Gasteiger charge is 2.16. The zero-order valence-electron chi connectivity index (χ0n) is 14.3. The number of pyridine rings is 1. The summed E-state index contributed by atoms with van der Waals surface area (Å²) in [5.41, 5.74) is 1.44. The number of thioether (sulfide) groups is 1. The Labute approximate surface area is 152 Å². The molecule has 0 aliphatic heterocycles. The average molecular weight is 375 g/mol. The maximum atomic E-state index is 13.9. The van der Waals surface area contributed by atoms with E-state index in [1.165, 1.54) is 28.6 Å². The molecule has 0 aliphatic carbocycles. The highest BCUT2D eigenvalue weighted by molar-refractivity contribution is 7.98. The molecule has 5 nitrogen and oxygen atoms in total. The van der Waals surface area contributed by atoms with Crippen molar-refractivity contribution >= 4 is 11.8 Å². The van der Waals surface area contributed by atoms with Crippen LogP contribution < -0.4 is 10.3 Å². The summed E-state index contributed by atoms with van der Waals surface area (Å²) in [6, 6.07) is 4.72. The van der Waals surface area contributed by atoms with Crippen molar-refractivity contribution in [3.63, 3.8) is 0 Å². The van der Waals surface area contributed by atoms with Crippen LogP contribution in [0.15, 0.2) is 46.6 Å². The van der Waals surface area contributed by atoms with Gasteiger partial charge in [0.1, 0.15) is 11.5 Å². The van der Waals surface area contributed by atoms with Gasteiger partial charge in [0.25, 0.3) is 5.56 Å². The first-order valence-corrected chi connectivity index (χ1v) is 8.83. The molecule has 0 bridgehead atoms. The van der Waals surface area contributed by atoms with Crippen LogP contribution in [0, 0.1) is 18.6 Å². The van der Waals surface area contributed by atoms with E-state index in [4.69, 9.17) is 4.74 Å². The van der Waals surface area contributed by atoms with Gasteiger partial charge in [-0.3, -0.25) is 4.79 Å². The van der Waals surface area contributed by atoms with E-state index in [-0.39, 0.29) is 17.1 Å². The van der Waals surface area contributed by atoms with Gasteiger partial charge in [-0.1, -0.05) is 11.8 Å². The van der Waals surface area contributed by atoms with Crippen LogP contribution in [0.3, 0.4) is 0 Å². The second kappa shape index (κ2) is 7.25. The summed E-state index contributed by atoms with van der Waals surface area (Å²) in [5.74, 6) is -1.47. The summed E-state index contributed by atoms with van der Waals surface area (Å²) in [4.78, 5) is 20.5. The summed E-state index contributed by atoms with van der Waals surface area (Å²) in [7, 11) is 1.63. The fourth-order valence-electron chi connectivity index (χ4n) is 2.42. The topological polar surface area (TPSA) is 57.0 Å². The van der Waals surface area contributed by atoms with E-state index < -0.39 is 11.6 Å². The normalized spacial score (nSPS) is 10.8. The number of aryl methyl sites for hydroxylation is 2. The third kappa shape index (κ3) is 3.60. The molecule has 0 N–H and O–H groups in total. The monoisotopic (exact) mass is 375 g/mol. The van der Waals surface area contributed by atoms with Gasteiger partial charge in [0.05, 0.1) is 6.20 Å². The van der Waals surface area contributed by atoms with Crippen molar-refractivity contribution in [1.29, 1.82) is 0 Å². The quantitative estimate of drug-likeness (QED) is 0.511. The van der Waals surface area contributed by atoms with Gasteiger partial charge < -0.3 is 9.30 Å². The summed E-state index contributed by atoms with van der Waals surface area (Å²) >= 11 is 1.34. The summed E-state index contributed by atoms with van der Waals surface area (Å²) in [6.07, 6.45) is 4.87. The molecule has 0 aliphatic rings. The predicted octanol–water partition coefficient (Wildman–Crippen LogP) is 3.94. The Balaban J connectivity index is 2.13. The highest BCUT2D eigenvalue weighted by atomic mass is 32.2. The summed E-state index contributed by atoms with van der Waals surface area (Å²) in [6.45, 7) is 1.70. The maximum Gasteiger partial charge on any atom is 0.253 e. The van der Waals surface area contributed by atoms with E-state index in [9.17, 15) is 13.6 Å². The Morgan fingerprint density at radius 3 is 2.62 bits per heavy atom. The molecule has 0 amide bonds. The Hall–Kier alpha value is -2.74. The van der Waals surface area contributed by atoms with E-state index in [1.54, 1.807) is 26.2 Å². The van der Waals surface area contributed by atoms with Crippen LogP contribution in [-0.2, 0) is 7.05 Å². The standard InChI is InChI=1S/C18H15F2N3O2S/c1-10-6-11(9-23(2)17(10)24)16-15(8-21-18(22-16)26-3)25-14-5-4-12(19)7-13(14)20/h4-9H,1-3H3. The van der Waals surface area contributed by atoms with Gasteiger partial charge in [-0.25, -0.2) is 18.7 Å². The van der Waals surface area contributed by atoms with Gasteiger partial charge in [-0.15, -0.1) is 0 Å². The number of ether oxygens (including phenoxy) is 1. The number of halogens is 2. The zero-order valence-corrected chi connectivity index (χ0v) is 15.1. The number of benzene rings is 1. The average Bonchev–Trinajstić information content (AvgIpc) is 2.61. The first-order valence-electron chi connectivity index (χ1n) is 7.60. The largest absolute Gasteiger partial charge is 0.450 e. The molecule has 0 radical (unpaired) electrons. The molecule has 8 heteroatoms. The zero-order chi connectivity index (χ0) is 18.8. The Morgan fingerprint density at radius 2 is 1.96 bits per heavy atom. The van der Waals surface area contributed by atoms with Crippen LogP contribution in [-0.4, -0.2) is 20.8 Å². The molecule has 0 spiro atoms. The third-order valence-electron chi connectivity index (χ3n) is 3.67. The molecule has 134 valence electrons. The molecule has 0 atom stereocenters. The van der Waals surface area contributed by atoms with Crippen molar-refractivity contribution in [3.8, 4) is 22.8 Å². The molecule has 1 aromatic carbocycles.